The van der Waals surface area contributed by atoms with Gasteiger partial charge in [-0.25, -0.2) is 0 Å². The minimum Gasteiger partial charge on any atom is -0.487 e. The largest absolute Gasteiger partial charge is 0.487 e. The molecule has 20 heavy (non-hydrogen) atoms. The Morgan fingerprint density at radius 3 is 2.75 bits per heavy atom. The third-order valence-corrected chi connectivity index (χ3v) is 3.45. The summed E-state index contributed by atoms with van der Waals surface area (Å²) in [5.74, 6) is 0.900. The molecule has 0 bridgehead atoms. The highest BCUT2D eigenvalue weighted by Gasteiger charge is 2.09. The number of ether oxygens (including phenoxy) is 1. The SMILES string of the molecule is CCc1cc(COc2c(C)cccc2CN)n(CC)n1. The van der Waals surface area contributed by atoms with E-state index in [2.05, 4.69) is 25.0 Å². The van der Waals surface area contributed by atoms with Crippen LogP contribution in [-0.4, -0.2) is 9.78 Å². The van der Waals surface area contributed by atoms with E-state index in [1.54, 1.807) is 0 Å². The van der Waals surface area contributed by atoms with Crippen LogP contribution >= 0.6 is 0 Å². The fourth-order valence-electron chi connectivity index (χ4n) is 2.30. The minimum absolute atomic E-state index is 0.490. The summed E-state index contributed by atoms with van der Waals surface area (Å²) in [6.45, 7) is 8.12. The van der Waals surface area contributed by atoms with Gasteiger partial charge in [-0.1, -0.05) is 25.1 Å². The van der Waals surface area contributed by atoms with Crippen molar-refractivity contribution >= 4 is 0 Å². The molecule has 4 heteroatoms. The van der Waals surface area contributed by atoms with E-state index in [0.29, 0.717) is 13.2 Å². The third-order valence-electron chi connectivity index (χ3n) is 3.45. The van der Waals surface area contributed by atoms with Gasteiger partial charge in [0, 0.05) is 18.7 Å². The highest BCUT2D eigenvalue weighted by molar-refractivity contribution is 5.40. The number of aromatic nitrogens is 2. The van der Waals surface area contributed by atoms with Gasteiger partial charge in [-0.15, -0.1) is 0 Å². The number of hydrogen-bond acceptors (Lipinski definition) is 3. The molecule has 0 amide bonds. The molecule has 4 nitrogen and oxygen atoms in total. The van der Waals surface area contributed by atoms with Crippen LogP contribution < -0.4 is 10.5 Å². The fourth-order valence-corrected chi connectivity index (χ4v) is 2.30. The van der Waals surface area contributed by atoms with Crippen LogP contribution in [0.3, 0.4) is 0 Å². The summed E-state index contributed by atoms with van der Waals surface area (Å²) >= 11 is 0. The van der Waals surface area contributed by atoms with Crippen LogP contribution in [0, 0.1) is 6.92 Å². The molecule has 1 heterocycles. The summed E-state index contributed by atoms with van der Waals surface area (Å²) in [4.78, 5) is 0. The highest BCUT2D eigenvalue weighted by atomic mass is 16.5. The molecule has 0 aliphatic carbocycles. The van der Waals surface area contributed by atoms with Crippen molar-refractivity contribution in [2.45, 2.75) is 46.9 Å². The van der Waals surface area contributed by atoms with Crippen LogP contribution in [0.4, 0.5) is 0 Å². The first-order valence-corrected chi connectivity index (χ1v) is 7.16. The topological polar surface area (TPSA) is 53.1 Å². The average molecular weight is 273 g/mol. The smallest absolute Gasteiger partial charge is 0.130 e. The van der Waals surface area contributed by atoms with Crippen LogP contribution in [0.5, 0.6) is 5.75 Å². The van der Waals surface area contributed by atoms with E-state index in [1.165, 1.54) is 0 Å². The standard InChI is InChI=1S/C16H23N3O/c1-4-14-9-15(19(5-2)18-14)11-20-16-12(3)7-6-8-13(16)10-17/h6-9H,4-5,10-11,17H2,1-3H3. The molecule has 1 aromatic heterocycles. The fraction of sp³-hybridized carbons (Fsp3) is 0.438. The number of hydrogen-bond donors (Lipinski definition) is 1. The van der Waals surface area contributed by atoms with Crippen molar-refractivity contribution in [3.8, 4) is 5.75 Å². The molecule has 0 atom stereocenters. The number of rotatable bonds is 6. The van der Waals surface area contributed by atoms with E-state index in [9.17, 15) is 0 Å². The summed E-state index contributed by atoms with van der Waals surface area (Å²) < 4.78 is 8.00. The lowest BCUT2D eigenvalue weighted by Crippen LogP contribution is -2.08. The van der Waals surface area contributed by atoms with E-state index in [1.807, 2.05) is 29.8 Å². The average Bonchev–Trinajstić information content (AvgIpc) is 2.88. The van der Waals surface area contributed by atoms with E-state index >= 15 is 0 Å². The Hall–Kier alpha value is -1.81. The van der Waals surface area contributed by atoms with Gasteiger partial charge in [-0.05, 0) is 31.9 Å². The Morgan fingerprint density at radius 2 is 2.10 bits per heavy atom. The highest BCUT2D eigenvalue weighted by Crippen LogP contribution is 2.24. The van der Waals surface area contributed by atoms with E-state index in [-0.39, 0.29) is 0 Å². The number of nitrogens with two attached hydrogens (primary N) is 1. The molecule has 2 N–H and O–H groups in total. The second-order valence-corrected chi connectivity index (χ2v) is 4.85. The normalized spacial score (nSPS) is 10.8. The van der Waals surface area contributed by atoms with Crippen molar-refractivity contribution in [2.75, 3.05) is 0 Å². The van der Waals surface area contributed by atoms with Gasteiger partial charge in [0.2, 0.25) is 0 Å². The molecule has 0 saturated carbocycles. The lowest BCUT2D eigenvalue weighted by molar-refractivity contribution is 0.287. The molecule has 2 aromatic rings. The van der Waals surface area contributed by atoms with Crippen LogP contribution in [-0.2, 0) is 26.1 Å². The first kappa shape index (κ1) is 14.6. The molecule has 0 aliphatic rings. The molecule has 0 aliphatic heterocycles. The first-order valence-electron chi connectivity index (χ1n) is 7.16. The summed E-state index contributed by atoms with van der Waals surface area (Å²) in [6.07, 6.45) is 0.943. The Balaban J connectivity index is 2.18. The predicted octanol–water partition coefficient (Wildman–Crippen LogP) is 2.81. The number of nitrogens with zero attached hydrogens (tertiary/aromatic N) is 2. The molecule has 0 fully saturated rings. The molecule has 0 saturated heterocycles. The zero-order valence-corrected chi connectivity index (χ0v) is 12.5. The zero-order valence-electron chi connectivity index (χ0n) is 12.5. The van der Waals surface area contributed by atoms with Crippen molar-refractivity contribution in [3.05, 3.63) is 46.8 Å². The van der Waals surface area contributed by atoms with Crippen molar-refractivity contribution in [1.82, 2.24) is 9.78 Å². The second-order valence-electron chi connectivity index (χ2n) is 4.85. The summed E-state index contributed by atoms with van der Waals surface area (Å²) in [5.41, 5.74) is 10.1. The molecule has 1 aromatic carbocycles. The molecular weight excluding hydrogens is 250 g/mol. The van der Waals surface area contributed by atoms with Crippen LogP contribution in [0.1, 0.15) is 36.4 Å². The van der Waals surface area contributed by atoms with Gasteiger partial charge >= 0.3 is 0 Å². The van der Waals surface area contributed by atoms with Crippen molar-refractivity contribution in [1.29, 1.82) is 0 Å². The Morgan fingerprint density at radius 1 is 1.30 bits per heavy atom. The van der Waals surface area contributed by atoms with Gasteiger partial charge in [0.25, 0.3) is 0 Å². The lowest BCUT2D eigenvalue weighted by Gasteiger charge is -2.13. The number of para-hydroxylation sites is 1. The summed E-state index contributed by atoms with van der Waals surface area (Å²) in [5, 5.41) is 4.54. The second kappa shape index (κ2) is 6.57. The van der Waals surface area contributed by atoms with Crippen LogP contribution in [0.25, 0.3) is 0 Å². The Bertz CT molecular complexity index is 575. The zero-order chi connectivity index (χ0) is 14.5. The van der Waals surface area contributed by atoms with Gasteiger partial charge < -0.3 is 10.5 Å². The van der Waals surface area contributed by atoms with Crippen molar-refractivity contribution in [2.24, 2.45) is 5.73 Å². The molecule has 2 rings (SSSR count). The van der Waals surface area contributed by atoms with Gasteiger partial charge in [0.1, 0.15) is 12.4 Å². The van der Waals surface area contributed by atoms with Crippen LogP contribution in [0.2, 0.25) is 0 Å². The van der Waals surface area contributed by atoms with E-state index < -0.39 is 0 Å². The molecule has 0 unspecified atom stereocenters. The summed E-state index contributed by atoms with van der Waals surface area (Å²) in [7, 11) is 0. The Labute approximate surface area is 120 Å². The van der Waals surface area contributed by atoms with Crippen molar-refractivity contribution < 1.29 is 4.74 Å². The molecule has 0 radical (unpaired) electrons. The molecular formula is C16H23N3O. The number of aryl methyl sites for hydroxylation is 3. The van der Waals surface area contributed by atoms with E-state index in [0.717, 1.165) is 41.2 Å². The third kappa shape index (κ3) is 3.02. The maximum Gasteiger partial charge on any atom is 0.130 e. The monoisotopic (exact) mass is 273 g/mol. The number of benzene rings is 1. The van der Waals surface area contributed by atoms with Crippen LogP contribution in [0.15, 0.2) is 24.3 Å². The lowest BCUT2D eigenvalue weighted by atomic mass is 10.1. The quantitative estimate of drug-likeness (QED) is 0.880. The van der Waals surface area contributed by atoms with Gasteiger partial charge in [-0.2, -0.15) is 5.10 Å². The first-order chi connectivity index (χ1) is 9.69. The van der Waals surface area contributed by atoms with Gasteiger partial charge in [0.15, 0.2) is 0 Å². The maximum absolute atomic E-state index is 6.00. The predicted molar refractivity (Wildman–Crippen MR) is 80.7 cm³/mol. The van der Waals surface area contributed by atoms with Gasteiger partial charge in [-0.3, -0.25) is 4.68 Å². The maximum atomic E-state index is 6.00. The van der Waals surface area contributed by atoms with E-state index in [4.69, 9.17) is 10.5 Å². The minimum atomic E-state index is 0.490. The van der Waals surface area contributed by atoms with Crippen molar-refractivity contribution in [3.63, 3.8) is 0 Å². The molecule has 108 valence electrons. The summed E-state index contributed by atoms with van der Waals surface area (Å²) in [6, 6.07) is 8.18. The molecule has 0 spiro atoms. The van der Waals surface area contributed by atoms with Gasteiger partial charge in [0.05, 0.1) is 11.4 Å². The Kier molecular flexibility index (Phi) is 4.79.